The number of alkyl halides is 3. The maximum atomic E-state index is 13.0. The number of benzene rings is 2. The quantitative estimate of drug-likeness (QED) is 0.356. The minimum Gasteiger partial charge on any atom is -0.480 e. The molecule has 8 nitrogen and oxygen atoms in total. The van der Waals surface area contributed by atoms with Gasteiger partial charge in [-0.3, -0.25) is 9.52 Å². The SMILES string of the molecule is O=C(O)C1(NS(=O)(=O)c2ccc(-c3ccc(Cl)cc3)s2)CC1c1cccc(NS(=O)(=O)C(F)(F)F)c1. The van der Waals surface area contributed by atoms with Crippen molar-refractivity contribution in [3.63, 3.8) is 0 Å². The van der Waals surface area contributed by atoms with Gasteiger partial charge in [0, 0.05) is 21.5 Å². The highest BCUT2D eigenvalue weighted by atomic mass is 35.5. The Morgan fingerprint density at radius 2 is 1.72 bits per heavy atom. The summed E-state index contributed by atoms with van der Waals surface area (Å²) in [5.74, 6) is -2.43. The van der Waals surface area contributed by atoms with Crippen molar-refractivity contribution in [2.75, 3.05) is 4.72 Å². The van der Waals surface area contributed by atoms with Crippen LogP contribution in [-0.2, 0) is 24.8 Å². The molecule has 1 fully saturated rings. The van der Waals surface area contributed by atoms with Gasteiger partial charge in [-0.1, -0.05) is 35.9 Å². The Hall–Kier alpha value is -2.65. The first-order valence-corrected chi connectivity index (χ1v) is 14.1. The Morgan fingerprint density at radius 3 is 2.33 bits per heavy atom. The van der Waals surface area contributed by atoms with Crippen LogP contribution in [0.5, 0.6) is 0 Å². The summed E-state index contributed by atoms with van der Waals surface area (Å²) < 4.78 is 90.4. The topological polar surface area (TPSA) is 130 Å². The van der Waals surface area contributed by atoms with Crippen LogP contribution in [0.15, 0.2) is 64.9 Å². The Morgan fingerprint density at radius 1 is 1.06 bits per heavy atom. The van der Waals surface area contributed by atoms with E-state index in [0.717, 1.165) is 23.5 Å². The van der Waals surface area contributed by atoms with Crippen LogP contribution in [0.2, 0.25) is 5.02 Å². The number of carbonyl (C=O) groups is 1. The molecular weight excluding hydrogens is 565 g/mol. The summed E-state index contributed by atoms with van der Waals surface area (Å²) >= 11 is 6.79. The molecule has 2 unspecified atom stereocenters. The van der Waals surface area contributed by atoms with Gasteiger partial charge in [0.2, 0.25) is 0 Å². The molecule has 0 amide bonds. The molecule has 15 heteroatoms. The number of hydrogen-bond donors (Lipinski definition) is 3. The number of anilines is 1. The lowest BCUT2D eigenvalue weighted by molar-refractivity contribution is -0.140. The van der Waals surface area contributed by atoms with Gasteiger partial charge in [-0.15, -0.1) is 11.3 Å². The summed E-state index contributed by atoms with van der Waals surface area (Å²) in [7, 11) is -9.98. The average Bonchev–Trinajstić information content (AvgIpc) is 3.27. The van der Waals surface area contributed by atoms with Gasteiger partial charge in [-0.2, -0.15) is 26.3 Å². The third kappa shape index (κ3) is 5.09. The first kappa shape index (κ1) is 26.4. The van der Waals surface area contributed by atoms with Gasteiger partial charge in [0.05, 0.1) is 0 Å². The Labute approximate surface area is 212 Å². The molecule has 0 bridgehead atoms. The molecule has 36 heavy (non-hydrogen) atoms. The third-order valence-corrected chi connectivity index (χ3v) is 9.98. The minimum atomic E-state index is -5.69. The van der Waals surface area contributed by atoms with Gasteiger partial charge >= 0.3 is 21.5 Å². The molecule has 1 aliphatic rings. The van der Waals surface area contributed by atoms with Crippen molar-refractivity contribution in [3.8, 4) is 10.4 Å². The number of rotatable bonds is 8. The van der Waals surface area contributed by atoms with E-state index in [1.54, 1.807) is 30.3 Å². The normalized spacial score (nSPS) is 20.2. The number of sulfonamides is 2. The molecule has 0 saturated heterocycles. The number of halogens is 4. The summed E-state index contributed by atoms with van der Waals surface area (Å²) in [5, 5.41) is 10.3. The standard InChI is InChI=1S/C21H16ClF3N2O6S3/c22-14-6-4-12(5-7-14)17-8-9-18(34-17)35(30,31)27-20(19(28)29)11-16(20)13-2-1-3-15(10-13)26-36(32,33)21(23,24)25/h1-10,16,26-27H,11H2,(H,28,29). The second-order valence-electron chi connectivity index (χ2n) is 7.94. The zero-order valence-corrected chi connectivity index (χ0v) is 21.0. The maximum Gasteiger partial charge on any atom is 0.516 e. The van der Waals surface area contributed by atoms with Gasteiger partial charge in [0.25, 0.3) is 10.0 Å². The number of thiophene rings is 1. The van der Waals surface area contributed by atoms with E-state index in [9.17, 15) is 39.9 Å². The molecule has 1 aromatic heterocycles. The molecule has 0 radical (unpaired) electrons. The Bertz CT molecular complexity index is 1540. The van der Waals surface area contributed by atoms with Crippen LogP contribution in [0.25, 0.3) is 10.4 Å². The van der Waals surface area contributed by atoms with E-state index in [1.165, 1.54) is 22.9 Å². The summed E-state index contributed by atoms with van der Waals surface area (Å²) in [6.45, 7) is 0. The van der Waals surface area contributed by atoms with Crippen molar-refractivity contribution in [2.24, 2.45) is 0 Å². The van der Waals surface area contributed by atoms with Crippen molar-refractivity contribution in [1.82, 2.24) is 4.72 Å². The lowest BCUT2D eigenvalue weighted by Gasteiger charge is -2.15. The Balaban J connectivity index is 1.58. The predicted octanol–water partition coefficient (Wildman–Crippen LogP) is 4.62. The highest BCUT2D eigenvalue weighted by Crippen LogP contribution is 2.53. The number of carboxylic acid groups (broad SMARTS) is 1. The summed E-state index contributed by atoms with van der Waals surface area (Å²) in [6.07, 6.45) is -0.188. The van der Waals surface area contributed by atoms with E-state index in [-0.39, 0.29) is 16.2 Å². The molecular formula is C21H16ClF3N2O6S3. The van der Waals surface area contributed by atoms with Crippen LogP contribution in [-0.4, -0.2) is 39.0 Å². The molecule has 3 N–H and O–H groups in total. The number of carboxylic acids is 1. The van der Waals surface area contributed by atoms with E-state index in [2.05, 4.69) is 4.72 Å². The van der Waals surface area contributed by atoms with Gasteiger partial charge in [-0.05, 0) is 53.9 Å². The predicted molar refractivity (Wildman–Crippen MR) is 128 cm³/mol. The van der Waals surface area contributed by atoms with Gasteiger partial charge < -0.3 is 5.11 Å². The van der Waals surface area contributed by atoms with Gasteiger partial charge in [0.1, 0.15) is 9.75 Å². The van der Waals surface area contributed by atoms with Crippen molar-refractivity contribution in [1.29, 1.82) is 0 Å². The third-order valence-electron chi connectivity index (χ3n) is 5.48. The van der Waals surface area contributed by atoms with Crippen LogP contribution in [0.1, 0.15) is 17.9 Å². The van der Waals surface area contributed by atoms with Crippen LogP contribution < -0.4 is 9.44 Å². The van der Waals surface area contributed by atoms with E-state index < -0.39 is 48.7 Å². The number of hydrogen-bond acceptors (Lipinski definition) is 6. The monoisotopic (exact) mass is 580 g/mol. The van der Waals surface area contributed by atoms with E-state index in [0.29, 0.717) is 15.5 Å². The summed E-state index contributed by atoms with van der Waals surface area (Å²) in [6, 6.07) is 14.3. The molecule has 0 spiro atoms. The molecule has 3 aromatic rings. The lowest BCUT2D eigenvalue weighted by atomic mass is 10.1. The fourth-order valence-corrected chi connectivity index (χ4v) is 7.01. The van der Waals surface area contributed by atoms with E-state index in [4.69, 9.17) is 11.6 Å². The zero-order valence-electron chi connectivity index (χ0n) is 17.8. The van der Waals surface area contributed by atoms with Crippen LogP contribution >= 0.6 is 22.9 Å². The van der Waals surface area contributed by atoms with Crippen LogP contribution in [0.3, 0.4) is 0 Å². The van der Waals surface area contributed by atoms with Crippen molar-refractivity contribution in [2.45, 2.75) is 27.6 Å². The van der Waals surface area contributed by atoms with Gasteiger partial charge in [-0.25, -0.2) is 8.42 Å². The van der Waals surface area contributed by atoms with Crippen LogP contribution in [0, 0.1) is 0 Å². The van der Waals surface area contributed by atoms with Crippen molar-refractivity contribution >= 4 is 54.6 Å². The Kier molecular flexibility index (Phi) is 6.62. The molecule has 1 saturated carbocycles. The largest absolute Gasteiger partial charge is 0.516 e. The molecule has 2 aromatic carbocycles. The number of aliphatic carboxylic acids is 1. The first-order valence-electron chi connectivity index (χ1n) is 9.97. The zero-order chi connectivity index (χ0) is 26.5. The second-order valence-corrected chi connectivity index (χ2v) is 13.0. The molecule has 4 rings (SSSR count). The highest BCUT2D eigenvalue weighted by molar-refractivity contribution is 7.93. The minimum absolute atomic E-state index is 0.134. The highest BCUT2D eigenvalue weighted by Gasteiger charge is 2.63. The molecule has 1 heterocycles. The second kappa shape index (κ2) is 9.03. The fourth-order valence-electron chi connectivity index (χ4n) is 3.61. The number of nitrogens with one attached hydrogen (secondary N) is 2. The van der Waals surface area contributed by atoms with Crippen molar-refractivity contribution in [3.05, 3.63) is 71.2 Å². The molecule has 192 valence electrons. The summed E-state index contributed by atoms with van der Waals surface area (Å²) in [4.78, 5) is 12.7. The van der Waals surface area contributed by atoms with E-state index >= 15 is 0 Å². The fraction of sp³-hybridized carbons (Fsp3) is 0.190. The lowest BCUT2D eigenvalue weighted by Crippen LogP contribution is -2.44. The average molecular weight is 581 g/mol. The van der Waals surface area contributed by atoms with Crippen molar-refractivity contribution < 1.29 is 39.9 Å². The molecule has 0 aliphatic heterocycles. The van der Waals surface area contributed by atoms with Crippen LogP contribution in [0.4, 0.5) is 18.9 Å². The first-order chi connectivity index (χ1) is 16.6. The molecule has 2 atom stereocenters. The van der Waals surface area contributed by atoms with Gasteiger partial charge in [0.15, 0.2) is 0 Å². The van der Waals surface area contributed by atoms with E-state index in [1.807, 2.05) is 0 Å². The summed E-state index contributed by atoms with van der Waals surface area (Å²) in [5.41, 5.74) is -7.08. The molecule has 1 aliphatic carbocycles. The maximum absolute atomic E-state index is 13.0. The smallest absolute Gasteiger partial charge is 0.480 e.